The first-order valence-electron chi connectivity index (χ1n) is 11.8. The molecule has 6 atom stereocenters. The fourth-order valence-corrected chi connectivity index (χ4v) is 6.27. The third-order valence-electron chi connectivity index (χ3n) is 8.11. The van der Waals surface area contributed by atoms with Crippen LogP contribution >= 0.6 is 0 Å². The lowest BCUT2D eigenvalue weighted by Gasteiger charge is -2.61. The topological polar surface area (TPSA) is 143 Å². The second-order valence-corrected chi connectivity index (χ2v) is 10.1. The number of likely N-dealkylation sites (N-methyl/N-ethyl adjacent to an activating group) is 1. The number of carbonyl (C=O) groups excluding carboxylic acids is 2. The van der Waals surface area contributed by atoms with Gasteiger partial charge in [-0.05, 0) is 51.1 Å². The van der Waals surface area contributed by atoms with Crippen molar-refractivity contribution in [2.75, 3.05) is 13.6 Å². The van der Waals surface area contributed by atoms with E-state index in [2.05, 4.69) is 4.90 Å². The summed E-state index contributed by atoms with van der Waals surface area (Å²) in [4.78, 5) is 38.0. The van der Waals surface area contributed by atoms with Gasteiger partial charge < -0.3 is 34.4 Å². The Kier molecular flexibility index (Phi) is 5.37. The molecule has 5 rings (SSSR count). The number of likely N-dealkylation sites (tertiary alicyclic amines) is 1. The third-order valence-corrected chi connectivity index (χ3v) is 8.11. The number of carboxylic acid groups (broad SMARTS) is 1. The number of rotatable bonds is 6. The SMILES string of the molecule is C[C@H](OC(=O)C[C@H](C)C(=O)O)C(=O)OC1=CC[C@@]2(O)[C@H]3Cc4ccc(O)c5c4[C@@]2(CCN3C)[C@H]1O5. The zero-order valence-corrected chi connectivity index (χ0v) is 19.8. The molecule has 10 heteroatoms. The van der Waals surface area contributed by atoms with Gasteiger partial charge in [0.05, 0.1) is 23.4 Å². The van der Waals surface area contributed by atoms with Gasteiger partial charge in [-0.15, -0.1) is 0 Å². The Bertz CT molecular complexity index is 1150. The Morgan fingerprint density at radius 3 is 2.74 bits per heavy atom. The van der Waals surface area contributed by atoms with Crippen molar-refractivity contribution in [2.45, 2.75) is 68.8 Å². The molecule has 1 aromatic rings. The van der Waals surface area contributed by atoms with Gasteiger partial charge in [-0.1, -0.05) is 13.0 Å². The maximum absolute atomic E-state index is 12.8. The maximum Gasteiger partial charge on any atom is 0.352 e. The van der Waals surface area contributed by atoms with Crippen LogP contribution < -0.4 is 4.74 Å². The van der Waals surface area contributed by atoms with Gasteiger partial charge in [-0.2, -0.15) is 0 Å². The van der Waals surface area contributed by atoms with Crippen LogP contribution in [0.2, 0.25) is 0 Å². The molecular weight excluding hydrogens is 458 g/mol. The van der Waals surface area contributed by atoms with Crippen LogP contribution in [-0.4, -0.2) is 75.6 Å². The lowest BCUT2D eigenvalue weighted by Crippen LogP contribution is -2.74. The van der Waals surface area contributed by atoms with Crippen molar-refractivity contribution in [3.05, 3.63) is 35.1 Å². The zero-order chi connectivity index (χ0) is 25.3. The molecule has 0 unspecified atom stereocenters. The second kappa shape index (κ2) is 7.96. The van der Waals surface area contributed by atoms with Crippen LogP contribution in [0.3, 0.4) is 0 Å². The maximum atomic E-state index is 12.8. The fourth-order valence-electron chi connectivity index (χ4n) is 6.27. The van der Waals surface area contributed by atoms with Crippen molar-refractivity contribution in [1.82, 2.24) is 4.90 Å². The highest BCUT2D eigenvalue weighted by molar-refractivity contribution is 5.82. The number of nitrogens with zero attached hydrogens (tertiary/aromatic N) is 1. The molecule has 10 nitrogen and oxygen atoms in total. The Morgan fingerprint density at radius 1 is 1.29 bits per heavy atom. The molecule has 2 aliphatic heterocycles. The average molecular weight is 488 g/mol. The van der Waals surface area contributed by atoms with Gasteiger partial charge in [0.1, 0.15) is 5.76 Å². The first-order chi connectivity index (χ1) is 16.5. The molecule has 0 radical (unpaired) electrons. The summed E-state index contributed by atoms with van der Waals surface area (Å²) < 4.78 is 17.0. The number of hydrogen-bond acceptors (Lipinski definition) is 9. The zero-order valence-electron chi connectivity index (χ0n) is 19.8. The molecule has 1 spiro atoms. The Balaban J connectivity index is 1.42. The number of esters is 2. The van der Waals surface area contributed by atoms with Crippen LogP contribution in [0.25, 0.3) is 0 Å². The minimum atomic E-state index is -1.27. The van der Waals surface area contributed by atoms with Crippen molar-refractivity contribution in [2.24, 2.45) is 5.92 Å². The summed E-state index contributed by atoms with van der Waals surface area (Å²) in [7, 11) is 1.98. The number of carbonyl (C=O) groups is 3. The number of phenolic OH excluding ortho intramolecular Hbond substituents is 1. The summed E-state index contributed by atoms with van der Waals surface area (Å²) in [5.41, 5.74) is -0.313. The minimum absolute atomic E-state index is 0.0345. The van der Waals surface area contributed by atoms with Crippen LogP contribution in [0, 0.1) is 5.92 Å². The third kappa shape index (κ3) is 3.26. The van der Waals surface area contributed by atoms with E-state index in [9.17, 15) is 24.6 Å². The summed E-state index contributed by atoms with van der Waals surface area (Å²) in [6, 6.07) is 3.27. The molecule has 1 aromatic carbocycles. The average Bonchev–Trinajstić information content (AvgIpc) is 3.15. The summed E-state index contributed by atoms with van der Waals surface area (Å²) in [5.74, 6) is -3.26. The largest absolute Gasteiger partial charge is 0.504 e. The molecule has 188 valence electrons. The number of aliphatic carboxylic acids is 1. The number of hydrogen-bond donors (Lipinski definition) is 3. The standard InChI is InChI=1S/C25H29NO9/c1-12(22(29)30)10-18(28)33-13(2)23(31)34-16-6-7-25(32)17-11-14-4-5-15(27)20-19(14)24(25,21(16)35-20)8-9-26(17)3/h4-6,12-13,17,21,27,32H,7-11H2,1-3H3,(H,29,30)/t12-,13-,17+,21-,24-,25+/m0/s1. The van der Waals surface area contributed by atoms with Crippen molar-refractivity contribution in [1.29, 1.82) is 0 Å². The van der Waals surface area contributed by atoms with E-state index in [4.69, 9.17) is 19.3 Å². The van der Waals surface area contributed by atoms with Gasteiger partial charge in [0.15, 0.2) is 23.7 Å². The quantitative estimate of drug-likeness (QED) is 0.502. The minimum Gasteiger partial charge on any atom is -0.504 e. The smallest absolute Gasteiger partial charge is 0.352 e. The lowest BCUT2D eigenvalue weighted by molar-refractivity contribution is -0.176. The molecule has 2 aliphatic carbocycles. The molecule has 0 amide bonds. The first kappa shape index (κ1) is 23.6. The van der Waals surface area contributed by atoms with Gasteiger partial charge in [-0.3, -0.25) is 9.59 Å². The highest BCUT2D eigenvalue weighted by Crippen LogP contribution is 2.65. The molecule has 3 N–H and O–H groups in total. The number of carboxylic acids is 1. The van der Waals surface area contributed by atoms with Crippen LogP contribution in [0.5, 0.6) is 11.5 Å². The molecule has 35 heavy (non-hydrogen) atoms. The van der Waals surface area contributed by atoms with Crippen molar-refractivity contribution < 1.29 is 43.9 Å². The summed E-state index contributed by atoms with van der Waals surface area (Å²) >= 11 is 0. The highest BCUT2D eigenvalue weighted by atomic mass is 16.6. The monoisotopic (exact) mass is 487 g/mol. The number of benzene rings is 1. The number of ether oxygens (including phenoxy) is 3. The molecule has 0 saturated carbocycles. The van der Waals surface area contributed by atoms with Gasteiger partial charge in [0.25, 0.3) is 0 Å². The molecule has 0 aromatic heterocycles. The van der Waals surface area contributed by atoms with Crippen molar-refractivity contribution in [3.8, 4) is 11.5 Å². The van der Waals surface area contributed by atoms with Crippen molar-refractivity contribution in [3.63, 3.8) is 0 Å². The molecule has 1 fully saturated rings. The van der Waals surface area contributed by atoms with E-state index in [0.717, 1.165) is 11.1 Å². The predicted octanol–water partition coefficient (Wildman–Crippen LogP) is 1.26. The molecule has 2 heterocycles. The molecular formula is C25H29NO9. The summed E-state index contributed by atoms with van der Waals surface area (Å²) in [5, 5.41) is 31.6. The first-order valence-corrected chi connectivity index (χ1v) is 11.8. The van der Waals surface area contributed by atoms with Crippen LogP contribution in [0.1, 0.15) is 44.2 Å². The van der Waals surface area contributed by atoms with Gasteiger partial charge in [-0.25, -0.2) is 4.79 Å². The fraction of sp³-hybridized carbons (Fsp3) is 0.560. The van der Waals surface area contributed by atoms with E-state index in [1.807, 2.05) is 13.1 Å². The van der Waals surface area contributed by atoms with Gasteiger partial charge in [0.2, 0.25) is 0 Å². The highest BCUT2D eigenvalue weighted by Gasteiger charge is 2.72. The summed E-state index contributed by atoms with van der Waals surface area (Å²) in [6.45, 7) is 3.42. The van der Waals surface area contributed by atoms with Gasteiger partial charge in [0, 0.05) is 18.0 Å². The Labute approximate surface area is 202 Å². The number of phenols is 1. The molecule has 1 saturated heterocycles. The van der Waals surface area contributed by atoms with E-state index in [0.29, 0.717) is 25.1 Å². The normalized spacial score (nSPS) is 31.9. The van der Waals surface area contributed by atoms with E-state index in [1.54, 1.807) is 12.1 Å². The predicted molar refractivity (Wildman–Crippen MR) is 120 cm³/mol. The van der Waals surface area contributed by atoms with E-state index in [1.165, 1.54) is 13.8 Å². The van der Waals surface area contributed by atoms with E-state index >= 15 is 0 Å². The van der Waals surface area contributed by atoms with Crippen LogP contribution in [0.15, 0.2) is 24.0 Å². The number of aliphatic hydroxyl groups is 1. The number of aromatic hydroxyl groups is 1. The lowest BCUT2D eigenvalue weighted by atomic mass is 9.50. The Hall–Kier alpha value is -3.11. The van der Waals surface area contributed by atoms with Gasteiger partial charge >= 0.3 is 17.9 Å². The second-order valence-electron chi connectivity index (χ2n) is 10.1. The molecule has 4 aliphatic rings. The van der Waals surface area contributed by atoms with Crippen LogP contribution in [-0.2, 0) is 35.7 Å². The molecule has 2 bridgehead atoms. The Morgan fingerprint density at radius 2 is 2.03 bits per heavy atom. The number of piperidine rings is 1. The van der Waals surface area contributed by atoms with Crippen LogP contribution in [0.4, 0.5) is 0 Å². The van der Waals surface area contributed by atoms with E-state index in [-0.39, 0.29) is 30.4 Å². The van der Waals surface area contributed by atoms with Crippen molar-refractivity contribution >= 4 is 17.9 Å². The van der Waals surface area contributed by atoms with E-state index < -0.39 is 47.0 Å². The summed E-state index contributed by atoms with van der Waals surface area (Å²) in [6.07, 6.45) is 0.537.